The minimum Gasteiger partial charge on any atom is -0.337 e. The maximum atomic E-state index is 13.1. The van der Waals surface area contributed by atoms with E-state index in [1.807, 2.05) is 32.0 Å². The summed E-state index contributed by atoms with van der Waals surface area (Å²) in [4.78, 5) is 39.8. The Morgan fingerprint density at radius 1 is 1.15 bits per heavy atom. The molecule has 5 nitrogen and oxygen atoms in total. The lowest BCUT2D eigenvalue weighted by atomic mass is 9.96. The van der Waals surface area contributed by atoms with E-state index in [-0.39, 0.29) is 23.5 Å². The zero-order valence-corrected chi connectivity index (χ0v) is 16.0. The van der Waals surface area contributed by atoms with Crippen molar-refractivity contribution in [2.24, 2.45) is 5.92 Å². The molecular formula is C20H22N2O3S. The van der Waals surface area contributed by atoms with Gasteiger partial charge in [0, 0.05) is 29.8 Å². The number of ketones is 1. The van der Waals surface area contributed by atoms with Crippen LogP contribution in [0.15, 0.2) is 30.3 Å². The molecular weight excluding hydrogens is 348 g/mol. The molecule has 0 saturated heterocycles. The van der Waals surface area contributed by atoms with Crippen molar-refractivity contribution in [1.29, 1.82) is 0 Å². The van der Waals surface area contributed by atoms with Crippen molar-refractivity contribution in [3.63, 3.8) is 0 Å². The number of rotatable bonds is 4. The first-order valence-corrected chi connectivity index (χ1v) is 9.50. The number of carbonyl (C=O) groups excluding carboxylic acids is 3. The van der Waals surface area contributed by atoms with Crippen molar-refractivity contribution in [1.82, 2.24) is 4.90 Å². The Balaban J connectivity index is 2.04. The summed E-state index contributed by atoms with van der Waals surface area (Å²) in [5.41, 5.74) is 2.14. The van der Waals surface area contributed by atoms with Crippen LogP contribution in [0.2, 0.25) is 0 Å². The third-order valence-electron chi connectivity index (χ3n) is 4.53. The first-order chi connectivity index (χ1) is 12.4. The Bertz CT molecular complexity index is 855. The van der Waals surface area contributed by atoms with E-state index in [9.17, 15) is 14.4 Å². The molecule has 26 heavy (non-hydrogen) atoms. The van der Waals surface area contributed by atoms with E-state index in [0.717, 1.165) is 10.4 Å². The fraction of sp³-hybridized carbons (Fsp3) is 0.350. The van der Waals surface area contributed by atoms with Gasteiger partial charge in [-0.15, -0.1) is 11.3 Å². The summed E-state index contributed by atoms with van der Waals surface area (Å²) in [6, 6.07) is 9.09. The number of fused-ring (bicyclic) bond motifs is 1. The van der Waals surface area contributed by atoms with Crippen LogP contribution < -0.4 is 5.32 Å². The summed E-state index contributed by atoms with van der Waals surface area (Å²) in [6.07, 6.45) is 0.622. The first kappa shape index (κ1) is 18.3. The van der Waals surface area contributed by atoms with Gasteiger partial charge in [0.15, 0.2) is 5.78 Å². The van der Waals surface area contributed by atoms with Crippen molar-refractivity contribution in [3.8, 4) is 0 Å². The molecule has 0 radical (unpaired) electrons. The molecule has 0 atom stereocenters. The summed E-state index contributed by atoms with van der Waals surface area (Å²) in [6.45, 7) is 6.27. The summed E-state index contributed by atoms with van der Waals surface area (Å²) < 4.78 is 0. The van der Waals surface area contributed by atoms with E-state index >= 15 is 0 Å². The molecule has 1 aliphatic rings. The summed E-state index contributed by atoms with van der Waals surface area (Å²) in [5.74, 6) is -0.358. The minimum atomic E-state index is -0.178. The number of hydrogen-bond acceptors (Lipinski definition) is 4. The number of anilines is 1. The lowest BCUT2D eigenvalue weighted by molar-refractivity contribution is -0.129. The van der Waals surface area contributed by atoms with E-state index < -0.39 is 0 Å². The third kappa shape index (κ3) is 3.55. The Kier molecular flexibility index (Phi) is 5.23. The van der Waals surface area contributed by atoms with Gasteiger partial charge in [0.1, 0.15) is 5.00 Å². The topological polar surface area (TPSA) is 66.5 Å². The fourth-order valence-corrected chi connectivity index (χ4v) is 4.25. The molecule has 1 N–H and O–H groups in total. The number of nitrogens with zero attached hydrogens (tertiary/aromatic N) is 1. The Labute approximate surface area is 157 Å². The largest absolute Gasteiger partial charge is 0.337 e. The zero-order chi connectivity index (χ0) is 18.8. The van der Waals surface area contributed by atoms with Crippen molar-refractivity contribution in [3.05, 3.63) is 51.9 Å². The molecule has 0 aliphatic carbocycles. The maximum absolute atomic E-state index is 13.1. The Morgan fingerprint density at radius 2 is 1.85 bits per heavy atom. The van der Waals surface area contributed by atoms with Gasteiger partial charge in [-0.05, 0) is 12.0 Å². The highest BCUT2D eigenvalue weighted by Crippen LogP contribution is 2.38. The fourth-order valence-electron chi connectivity index (χ4n) is 2.99. The van der Waals surface area contributed by atoms with Gasteiger partial charge in [0.05, 0.1) is 12.1 Å². The number of nitrogens with one attached hydrogen (secondary N) is 1. The molecule has 2 amide bonds. The van der Waals surface area contributed by atoms with Gasteiger partial charge in [-0.3, -0.25) is 14.4 Å². The van der Waals surface area contributed by atoms with E-state index in [1.54, 1.807) is 24.0 Å². The molecule has 0 fully saturated rings. The van der Waals surface area contributed by atoms with Crippen LogP contribution in [-0.2, 0) is 22.6 Å². The molecule has 6 heteroatoms. The van der Waals surface area contributed by atoms with Crippen molar-refractivity contribution >= 4 is 33.9 Å². The number of amides is 2. The first-order valence-electron chi connectivity index (χ1n) is 8.69. The van der Waals surface area contributed by atoms with Crippen LogP contribution >= 0.6 is 11.3 Å². The predicted octanol–water partition coefficient (Wildman–Crippen LogP) is 3.48. The predicted molar refractivity (Wildman–Crippen MR) is 102 cm³/mol. The number of benzene rings is 1. The smallest absolute Gasteiger partial charge is 0.227 e. The number of thiophene rings is 1. The Hall–Kier alpha value is -2.47. The van der Waals surface area contributed by atoms with Gasteiger partial charge in [0.25, 0.3) is 0 Å². The van der Waals surface area contributed by atoms with Crippen LogP contribution in [0, 0.1) is 5.92 Å². The molecule has 1 aliphatic heterocycles. The van der Waals surface area contributed by atoms with Crippen LogP contribution in [0.4, 0.5) is 5.00 Å². The SMILES string of the molecule is CC(=O)N1CCc2c(sc(NC(=O)C(C)C)c2C(=O)c2ccccc2)C1. The highest BCUT2D eigenvalue weighted by molar-refractivity contribution is 7.17. The van der Waals surface area contributed by atoms with Gasteiger partial charge in [0.2, 0.25) is 11.8 Å². The standard InChI is InChI=1S/C20H22N2O3S/c1-12(2)19(25)21-20-17(18(24)14-7-5-4-6-8-14)15-9-10-22(13(3)23)11-16(15)26-20/h4-8,12H,9-11H2,1-3H3,(H,21,25). The van der Waals surface area contributed by atoms with E-state index in [0.29, 0.717) is 35.6 Å². The van der Waals surface area contributed by atoms with Gasteiger partial charge < -0.3 is 10.2 Å². The summed E-state index contributed by atoms with van der Waals surface area (Å²) in [5, 5.41) is 3.51. The van der Waals surface area contributed by atoms with E-state index in [2.05, 4.69) is 5.32 Å². The number of hydrogen-bond donors (Lipinski definition) is 1. The van der Waals surface area contributed by atoms with Crippen LogP contribution in [0.5, 0.6) is 0 Å². The molecule has 1 aromatic heterocycles. The van der Waals surface area contributed by atoms with E-state index in [4.69, 9.17) is 0 Å². The van der Waals surface area contributed by atoms with Crippen molar-refractivity contribution in [2.75, 3.05) is 11.9 Å². The van der Waals surface area contributed by atoms with Crippen LogP contribution in [-0.4, -0.2) is 29.0 Å². The lowest BCUT2D eigenvalue weighted by Crippen LogP contribution is -2.33. The molecule has 0 saturated carbocycles. The molecule has 0 unspecified atom stereocenters. The molecule has 3 rings (SSSR count). The summed E-state index contributed by atoms with van der Waals surface area (Å²) >= 11 is 1.41. The van der Waals surface area contributed by atoms with Crippen LogP contribution in [0.3, 0.4) is 0 Å². The number of carbonyl (C=O) groups is 3. The summed E-state index contributed by atoms with van der Waals surface area (Å²) in [7, 11) is 0. The molecule has 0 bridgehead atoms. The Morgan fingerprint density at radius 3 is 2.46 bits per heavy atom. The molecule has 2 aromatic rings. The average molecular weight is 370 g/mol. The van der Waals surface area contributed by atoms with Crippen LogP contribution in [0.25, 0.3) is 0 Å². The van der Waals surface area contributed by atoms with Crippen molar-refractivity contribution < 1.29 is 14.4 Å². The average Bonchev–Trinajstić information content (AvgIpc) is 2.98. The second-order valence-corrected chi connectivity index (χ2v) is 7.84. The minimum absolute atomic E-state index is 0.0211. The van der Waals surface area contributed by atoms with Gasteiger partial charge in [-0.25, -0.2) is 0 Å². The molecule has 136 valence electrons. The van der Waals surface area contributed by atoms with E-state index in [1.165, 1.54) is 11.3 Å². The van der Waals surface area contributed by atoms with Gasteiger partial charge in [-0.1, -0.05) is 44.2 Å². The molecule has 2 heterocycles. The third-order valence-corrected chi connectivity index (χ3v) is 5.66. The zero-order valence-electron chi connectivity index (χ0n) is 15.2. The van der Waals surface area contributed by atoms with Gasteiger partial charge in [-0.2, -0.15) is 0 Å². The van der Waals surface area contributed by atoms with Crippen LogP contribution in [0.1, 0.15) is 47.1 Å². The normalized spacial score (nSPS) is 13.5. The second kappa shape index (κ2) is 7.41. The molecule has 1 aromatic carbocycles. The monoisotopic (exact) mass is 370 g/mol. The van der Waals surface area contributed by atoms with Crippen molar-refractivity contribution in [2.45, 2.75) is 33.7 Å². The maximum Gasteiger partial charge on any atom is 0.227 e. The van der Waals surface area contributed by atoms with Gasteiger partial charge >= 0.3 is 0 Å². The highest BCUT2D eigenvalue weighted by Gasteiger charge is 2.30. The molecule has 0 spiro atoms. The lowest BCUT2D eigenvalue weighted by Gasteiger charge is -2.26. The quantitative estimate of drug-likeness (QED) is 0.838. The highest BCUT2D eigenvalue weighted by atomic mass is 32.1. The second-order valence-electron chi connectivity index (χ2n) is 6.74.